The van der Waals surface area contributed by atoms with E-state index in [1.807, 2.05) is 13.8 Å². The lowest BCUT2D eigenvalue weighted by Gasteiger charge is -2.20. The summed E-state index contributed by atoms with van der Waals surface area (Å²) in [6.45, 7) is 5.65. The third-order valence-corrected chi connectivity index (χ3v) is 4.76. The van der Waals surface area contributed by atoms with Crippen molar-refractivity contribution < 1.29 is 13.2 Å². The van der Waals surface area contributed by atoms with Crippen molar-refractivity contribution in [3.8, 4) is 0 Å². The van der Waals surface area contributed by atoms with Gasteiger partial charge in [0.1, 0.15) is 0 Å². The minimum Gasteiger partial charge on any atom is -0.338 e. The van der Waals surface area contributed by atoms with E-state index < -0.39 is 9.84 Å². The number of hydrogen-bond acceptors (Lipinski definition) is 3. The van der Waals surface area contributed by atoms with Gasteiger partial charge in [-0.05, 0) is 26.2 Å². The van der Waals surface area contributed by atoms with Crippen molar-refractivity contribution in [1.82, 2.24) is 10.2 Å². The Balaban J connectivity index is 2.33. The zero-order valence-electron chi connectivity index (χ0n) is 9.90. The van der Waals surface area contributed by atoms with E-state index in [2.05, 4.69) is 5.32 Å². The Morgan fingerprint density at radius 2 is 2.00 bits per heavy atom. The van der Waals surface area contributed by atoms with E-state index in [0.717, 1.165) is 0 Å². The number of hydrogen-bond donors (Lipinski definition) is 1. The van der Waals surface area contributed by atoms with Crippen molar-refractivity contribution in [1.29, 1.82) is 0 Å². The third kappa shape index (κ3) is 3.66. The van der Waals surface area contributed by atoms with Crippen LogP contribution in [0.25, 0.3) is 0 Å². The second kappa shape index (κ2) is 5.52. The van der Waals surface area contributed by atoms with E-state index >= 15 is 0 Å². The minimum atomic E-state index is -2.84. The summed E-state index contributed by atoms with van der Waals surface area (Å²) < 4.78 is 22.4. The number of urea groups is 1. The molecule has 1 atom stereocenters. The van der Waals surface area contributed by atoms with Gasteiger partial charge in [-0.3, -0.25) is 0 Å². The van der Waals surface area contributed by atoms with E-state index in [9.17, 15) is 13.2 Å². The van der Waals surface area contributed by atoms with Crippen LogP contribution in [0.1, 0.15) is 20.3 Å². The Bertz CT molecular complexity index is 336. The molecule has 16 heavy (non-hydrogen) atoms. The molecule has 0 bridgehead atoms. The molecule has 1 fully saturated rings. The summed E-state index contributed by atoms with van der Waals surface area (Å²) in [5.74, 6) is 0.564. The molecule has 6 heteroatoms. The first-order valence-corrected chi connectivity index (χ1v) is 7.53. The molecule has 1 N–H and O–H groups in total. The number of carbonyl (C=O) groups excluding carboxylic acids is 1. The van der Waals surface area contributed by atoms with Crippen LogP contribution < -0.4 is 5.32 Å². The molecular weight excluding hydrogens is 228 g/mol. The second-order valence-corrected chi connectivity index (χ2v) is 6.36. The van der Waals surface area contributed by atoms with Crippen molar-refractivity contribution in [2.75, 3.05) is 31.1 Å². The number of amides is 2. The first-order chi connectivity index (χ1) is 7.48. The number of sulfone groups is 1. The van der Waals surface area contributed by atoms with E-state index in [-0.39, 0.29) is 23.5 Å². The summed E-state index contributed by atoms with van der Waals surface area (Å²) in [6.07, 6.45) is 0.668. The molecule has 0 aromatic rings. The molecular formula is C10H20N2O3S. The molecule has 0 aliphatic carbocycles. The molecule has 1 heterocycles. The lowest BCUT2D eigenvalue weighted by molar-refractivity contribution is 0.201. The van der Waals surface area contributed by atoms with Crippen molar-refractivity contribution in [3.63, 3.8) is 0 Å². The molecule has 1 saturated heterocycles. The molecule has 1 rings (SSSR count). The van der Waals surface area contributed by atoms with Crippen LogP contribution in [-0.2, 0) is 9.84 Å². The smallest absolute Gasteiger partial charge is 0.317 e. The Morgan fingerprint density at radius 1 is 1.38 bits per heavy atom. The average molecular weight is 248 g/mol. The Kier molecular flexibility index (Phi) is 4.58. The highest BCUT2D eigenvalue weighted by atomic mass is 32.2. The molecule has 0 unspecified atom stereocenters. The molecule has 0 spiro atoms. The van der Waals surface area contributed by atoms with Crippen LogP contribution in [0, 0.1) is 5.92 Å². The number of rotatable bonds is 4. The van der Waals surface area contributed by atoms with Gasteiger partial charge in [0, 0.05) is 19.6 Å². The van der Waals surface area contributed by atoms with E-state index in [0.29, 0.717) is 26.1 Å². The Hall–Kier alpha value is -0.780. The van der Waals surface area contributed by atoms with Crippen LogP contribution in [-0.4, -0.2) is 50.5 Å². The van der Waals surface area contributed by atoms with Crippen LogP contribution in [0.3, 0.4) is 0 Å². The van der Waals surface area contributed by atoms with E-state index in [1.54, 1.807) is 4.90 Å². The normalized spacial score (nSPS) is 23.0. The van der Waals surface area contributed by atoms with Crippen molar-refractivity contribution in [2.45, 2.75) is 20.3 Å². The third-order valence-electron chi connectivity index (χ3n) is 2.92. The Labute approximate surface area is 97.1 Å². The number of nitrogens with one attached hydrogen (secondary N) is 1. The summed E-state index contributed by atoms with van der Waals surface area (Å²) >= 11 is 0. The zero-order chi connectivity index (χ0) is 12.2. The zero-order valence-corrected chi connectivity index (χ0v) is 10.7. The monoisotopic (exact) mass is 248 g/mol. The Morgan fingerprint density at radius 3 is 2.44 bits per heavy atom. The molecule has 1 aliphatic rings. The maximum Gasteiger partial charge on any atom is 0.317 e. The van der Waals surface area contributed by atoms with Gasteiger partial charge in [-0.2, -0.15) is 0 Å². The average Bonchev–Trinajstić information content (AvgIpc) is 2.57. The van der Waals surface area contributed by atoms with Gasteiger partial charge in [-0.15, -0.1) is 0 Å². The fraction of sp³-hybridized carbons (Fsp3) is 0.900. The highest BCUT2D eigenvalue weighted by Gasteiger charge is 2.28. The quantitative estimate of drug-likeness (QED) is 0.786. The second-order valence-electron chi connectivity index (χ2n) is 4.13. The molecule has 0 radical (unpaired) electrons. The van der Waals surface area contributed by atoms with Gasteiger partial charge in [0.2, 0.25) is 0 Å². The van der Waals surface area contributed by atoms with Gasteiger partial charge in [-0.1, -0.05) is 0 Å². The molecule has 1 aliphatic heterocycles. The summed E-state index contributed by atoms with van der Waals surface area (Å²) in [5.41, 5.74) is 0. The first-order valence-electron chi connectivity index (χ1n) is 5.71. The maximum absolute atomic E-state index is 11.6. The van der Waals surface area contributed by atoms with Crippen molar-refractivity contribution in [3.05, 3.63) is 0 Å². The predicted octanol–water partition coefficient (Wildman–Crippen LogP) is 0.472. The molecule has 0 saturated carbocycles. The van der Waals surface area contributed by atoms with Gasteiger partial charge >= 0.3 is 6.03 Å². The van der Waals surface area contributed by atoms with Gasteiger partial charge in [-0.25, -0.2) is 13.2 Å². The van der Waals surface area contributed by atoms with Crippen LogP contribution in [0.15, 0.2) is 0 Å². The maximum atomic E-state index is 11.6. The fourth-order valence-electron chi connectivity index (χ4n) is 1.89. The standard InChI is InChI=1S/C10H20N2O3S/c1-3-12(4-2)10(13)11-7-9-5-6-16(14,15)8-9/h9H,3-8H2,1-2H3,(H,11,13)/t9-/m0/s1. The number of carbonyl (C=O) groups is 1. The molecule has 5 nitrogen and oxygen atoms in total. The fourth-order valence-corrected chi connectivity index (χ4v) is 3.75. The van der Waals surface area contributed by atoms with Gasteiger partial charge in [0.15, 0.2) is 9.84 Å². The van der Waals surface area contributed by atoms with E-state index in [1.165, 1.54) is 0 Å². The highest BCUT2D eigenvalue weighted by molar-refractivity contribution is 7.91. The topological polar surface area (TPSA) is 66.5 Å². The highest BCUT2D eigenvalue weighted by Crippen LogP contribution is 2.17. The summed E-state index contributed by atoms with van der Waals surface area (Å²) in [4.78, 5) is 13.3. The predicted molar refractivity (Wildman–Crippen MR) is 63.1 cm³/mol. The van der Waals surface area contributed by atoms with Crippen LogP contribution >= 0.6 is 0 Å². The van der Waals surface area contributed by atoms with Crippen LogP contribution in [0.2, 0.25) is 0 Å². The van der Waals surface area contributed by atoms with E-state index in [4.69, 9.17) is 0 Å². The lowest BCUT2D eigenvalue weighted by Crippen LogP contribution is -2.41. The van der Waals surface area contributed by atoms with Crippen LogP contribution in [0.5, 0.6) is 0 Å². The first kappa shape index (κ1) is 13.3. The molecule has 94 valence electrons. The van der Waals surface area contributed by atoms with Gasteiger partial charge < -0.3 is 10.2 Å². The number of nitrogens with zero attached hydrogens (tertiary/aromatic N) is 1. The SMILES string of the molecule is CCN(CC)C(=O)NC[C@@H]1CCS(=O)(=O)C1. The summed E-state index contributed by atoms with van der Waals surface area (Å²) in [6, 6.07) is -0.103. The van der Waals surface area contributed by atoms with Crippen molar-refractivity contribution >= 4 is 15.9 Å². The summed E-state index contributed by atoms with van der Waals surface area (Å²) in [5, 5.41) is 2.79. The van der Waals surface area contributed by atoms with Gasteiger partial charge in [0.05, 0.1) is 11.5 Å². The molecule has 2 amide bonds. The van der Waals surface area contributed by atoms with Gasteiger partial charge in [0.25, 0.3) is 0 Å². The molecule has 0 aromatic carbocycles. The largest absolute Gasteiger partial charge is 0.338 e. The van der Waals surface area contributed by atoms with Crippen molar-refractivity contribution in [2.24, 2.45) is 5.92 Å². The van der Waals surface area contributed by atoms with Crippen LogP contribution in [0.4, 0.5) is 4.79 Å². The summed E-state index contributed by atoms with van der Waals surface area (Å²) in [7, 11) is -2.84. The minimum absolute atomic E-state index is 0.0875. The lowest BCUT2D eigenvalue weighted by atomic mass is 10.1. The molecule has 0 aromatic heterocycles.